The quantitative estimate of drug-likeness (QED) is 0.855. The number of aryl methyl sites for hydroxylation is 1. The molecule has 3 rings (SSSR count). The summed E-state index contributed by atoms with van der Waals surface area (Å²) in [7, 11) is 4.04. The van der Waals surface area contributed by atoms with Crippen molar-refractivity contribution in [2.24, 2.45) is 0 Å². The Morgan fingerprint density at radius 3 is 2.95 bits per heavy atom. The normalized spacial score (nSPS) is 28.4. The average molecular weight is 311 g/mol. The SMILES string of the molecule is CN(C)CC1CC(O)CN1c1nc2c(s1)CCC2C(=O)O. The zero-order chi connectivity index (χ0) is 15.1. The molecule has 0 bridgehead atoms. The summed E-state index contributed by atoms with van der Waals surface area (Å²) in [6, 6.07) is 0.240. The molecule has 1 saturated heterocycles. The van der Waals surface area contributed by atoms with Gasteiger partial charge in [0, 0.05) is 24.0 Å². The topological polar surface area (TPSA) is 76.9 Å². The number of aliphatic hydroxyl groups excluding tert-OH is 1. The molecule has 1 aliphatic carbocycles. The second-order valence-electron chi connectivity index (χ2n) is 6.19. The maximum atomic E-state index is 11.3. The number of hydrogen-bond acceptors (Lipinski definition) is 6. The molecule has 7 heteroatoms. The third-order valence-corrected chi connectivity index (χ3v) is 5.39. The van der Waals surface area contributed by atoms with Crippen molar-refractivity contribution >= 4 is 22.4 Å². The van der Waals surface area contributed by atoms with E-state index in [1.54, 1.807) is 11.3 Å². The number of anilines is 1. The van der Waals surface area contributed by atoms with E-state index in [9.17, 15) is 15.0 Å². The Morgan fingerprint density at radius 2 is 2.29 bits per heavy atom. The summed E-state index contributed by atoms with van der Waals surface area (Å²) in [5.41, 5.74) is 0.743. The average Bonchev–Trinajstić information content (AvgIpc) is 3.00. The lowest BCUT2D eigenvalue weighted by Gasteiger charge is -2.26. The van der Waals surface area contributed by atoms with Gasteiger partial charge in [-0.05, 0) is 33.4 Å². The molecule has 21 heavy (non-hydrogen) atoms. The van der Waals surface area contributed by atoms with Gasteiger partial charge in [0.05, 0.1) is 11.8 Å². The summed E-state index contributed by atoms with van der Waals surface area (Å²) >= 11 is 1.60. The van der Waals surface area contributed by atoms with E-state index in [4.69, 9.17) is 0 Å². The summed E-state index contributed by atoms with van der Waals surface area (Å²) in [5.74, 6) is -1.23. The van der Waals surface area contributed by atoms with Crippen LogP contribution < -0.4 is 4.90 Å². The van der Waals surface area contributed by atoms with Crippen LogP contribution in [0.5, 0.6) is 0 Å². The van der Waals surface area contributed by atoms with Gasteiger partial charge in [0.25, 0.3) is 0 Å². The van der Waals surface area contributed by atoms with Crippen LogP contribution in [0.2, 0.25) is 0 Å². The number of aromatic nitrogens is 1. The predicted molar refractivity (Wildman–Crippen MR) is 81.1 cm³/mol. The highest BCUT2D eigenvalue weighted by Crippen LogP contribution is 2.41. The minimum absolute atomic E-state index is 0.240. The van der Waals surface area contributed by atoms with E-state index in [2.05, 4.69) is 14.8 Å². The molecule has 3 atom stereocenters. The van der Waals surface area contributed by atoms with Gasteiger partial charge in [0.2, 0.25) is 0 Å². The number of nitrogens with zero attached hydrogens (tertiary/aromatic N) is 3. The van der Waals surface area contributed by atoms with Crippen LogP contribution in [0, 0.1) is 0 Å². The maximum Gasteiger partial charge on any atom is 0.312 e. The van der Waals surface area contributed by atoms with E-state index >= 15 is 0 Å². The predicted octanol–water partition coefficient (Wildman–Crippen LogP) is 0.759. The van der Waals surface area contributed by atoms with Crippen molar-refractivity contribution in [1.29, 1.82) is 0 Å². The molecule has 0 saturated carbocycles. The van der Waals surface area contributed by atoms with Crippen LogP contribution in [0.25, 0.3) is 0 Å². The van der Waals surface area contributed by atoms with Gasteiger partial charge in [-0.25, -0.2) is 4.98 Å². The monoisotopic (exact) mass is 311 g/mol. The van der Waals surface area contributed by atoms with E-state index in [0.29, 0.717) is 13.0 Å². The van der Waals surface area contributed by atoms with Crippen molar-refractivity contribution in [2.45, 2.75) is 37.3 Å². The fourth-order valence-corrected chi connectivity index (χ4v) is 4.52. The molecule has 0 radical (unpaired) electrons. The summed E-state index contributed by atoms with van der Waals surface area (Å²) in [6.45, 7) is 1.45. The van der Waals surface area contributed by atoms with E-state index in [1.807, 2.05) is 14.1 Å². The van der Waals surface area contributed by atoms with Crippen molar-refractivity contribution in [3.8, 4) is 0 Å². The number of fused-ring (bicyclic) bond motifs is 1. The van der Waals surface area contributed by atoms with Crippen LogP contribution >= 0.6 is 11.3 Å². The van der Waals surface area contributed by atoms with E-state index in [-0.39, 0.29) is 12.1 Å². The highest BCUT2D eigenvalue weighted by atomic mass is 32.1. The molecule has 1 aromatic heterocycles. The highest BCUT2D eigenvalue weighted by Gasteiger charge is 2.37. The van der Waals surface area contributed by atoms with E-state index < -0.39 is 11.9 Å². The number of carbonyl (C=O) groups is 1. The fraction of sp³-hybridized carbons (Fsp3) is 0.714. The first-order valence-corrected chi connectivity index (χ1v) is 8.09. The van der Waals surface area contributed by atoms with Gasteiger partial charge in [-0.2, -0.15) is 0 Å². The Labute approximate surface area is 128 Å². The van der Waals surface area contributed by atoms with Crippen LogP contribution in [-0.4, -0.2) is 65.4 Å². The molecule has 3 unspecified atom stereocenters. The highest BCUT2D eigenvalue weighted by molar-refractivity contribution is 7.15. The Kier molecular flexibility index (Phi) is 3.90. The van der Waals surface area contributed by atoms with Gasteiger partial charge in [0.15, 0.2) is 5.13 Å². The molecule has 0 spiro atoms. The standard InChI is InChI=1S/C14H21N3O3S/c1-16(2)6-8-5-9(18)7-17(8)14-15-12-10(13(19)20)3-4-11(12)21-14/h8-10,18H,3-7H2,1-2H3,(H,19,20). The Morgan fingerprint density at radius 1 is 1.52 bits per heavy atom. The van der Waals surface area contributed by atoms with Crippen LogP contribution in [0.4, 0.5) is 5.13 Å². The number of β-amino-alcohol motifs (C(OH)–C–C–N with tert-alkyl or cyclic N) is 1. The van der Waals surface area contributed by atoms with Gasteiger partial charge >= 0.3 is 5.97 Å². The number of likely N-dealkylation sites (N-methyl/N-ethyl adjacent to an activating group) is 1. The van der Waals surface area contributed by atoms with Crippen LogP contribution in [0.15, 0.2) is 0 Å². The minimum Gasteiger partial charge on any atom is -0.481 e. The molecule has 1 fully saturated rings. The molecule has 0 amide bonds. The van der Waals surface area contributed by atoms with E-state index in [1.165, 1.54) is 0 Å². The van der Waals surface area contributed by atoms with E-state index in [0.717, 1.165) is 35.1 Å². The van der Waals surface area contributed by atoms with Crippen molar-refractivity contribution < 1.29 is 15.0 Å². The Bertz CT molecular complexity index is 546. The van der Waals surface area contributed by atoms with Crippen LogP contribution in [0.1, 0.15) is 29.3 Å². The zero-order valence-corrected chi connectivity index (χ0v) is 13.1. The molecule has 116 valence electrons. The lowest BCUT2D eigenvalue weighted by atomic mass is 10.1. The first-order valence-electron chi connectivity index (χ1n) is 7.27. The first-order chi connectivity index (χ1) is 9.95. The first kappa shape index (κ1) is 14.7. The number of carboxylic acids is 1. The maximum absolute atomic E-state index is 11.3. The lowest BCUT2D eigenvalue weighted by Crippen LogP contribution is -2.37. The number of aliphatic hydroxyl groups is 1. The van der Waals surface area contributed by atoms with Crippen LogP contribution in [-0.2, 0) is 11.2 Å². The minimum atomic E-state index is -0.781. The van der Waals surface area contributed by atoms with Crippen molar-refractivity contribution in [2.75, 3.05) is 32.1 Å². The summed E-state index contributed by atoms with van der Waals surface area (Å²) in [5, 5.41) is 20.1. The van der Waals surface area contributed by atoms with Gasteiger partial charge in [-0.3, -0.25) is 4.79 Å². The summed E-state index contributed by atoms with van der Waals surface area (Å²) < 4.78 is 0. The van der Waals surface area contributed by atoms with Crippen molar-refractivity contribution in [3.05, 3.63) is 10.6 Å². The zero-order valence-electron chi connectivity index (χ0n) is 12.3. The third-order valence-electron chi connectivity index (χ3n) is 4.22. The number of carboxylic acid groups (broad SMARTS) is 1. The van der Waals surface area contributed by atoms with Gasteiger partial charge in [0.1, 0.15) is 5.92 Å². The fourth-order valence-electron chi connectivity index (χ4n) is 3.30. The summed E-state index contributed by atoms with van der Waals surface area (Å²) in [4.78, 5) is 21.2. The largest absolute Gasteiger partial charge is 0.481 e. The number of thiazole rings is 1. The number of aliphatic carboxylic acids is 1. The lowest BCUT2D eigenvalue weighted by molar-refractivity contribution is -0.138. The number of hydrogen-bond donors (Lipinski definition) is 2. The second-order valence-corrected chi connectivity index (χ2v) is 7.25. The van der Waals surface area contributed by atoms with Gasteiger partial charge in [-0.1, -0.05) is 0 Å². The smallest absolute Gasteiger partial charge is 0.312 e. The molecule has 2 N–H and O–H groups in total. The molecule has 0 aromatic carbocycles. The molecule has 6 nitrogen and oxygen atoms in total. The molecular formula is C14H21N3O3S. The van der Waals surface area contributed by atoms with Gasteiger partial charge in [-0.15, -0.1) is 11.3 Å². The van der Waals surface area contributed by atoms with Crippen LogP contribution in [0.3, 0.4) is 0 Å². The number of rotatable bonds is 4. The second kappa shape index (κ2) is 5.55. The molecular weight excluding hydrogens is 290 g/mol. The van der Waals surface area contributed by atoms with Gasteiger partial charge < -0.3 is 20.0 Å². The third kappa shape index (κ3) is 2.77. The van der Waals surface area contributed by atoms with Crippen molar-refractivity contribution in [3.63, 3.8) is 0 Å². The molecule has 2 heterocycles. The molecule has 1 aromatic rings. The molecule has 1 aliphatic heterocycles. The molecule has 2 aliphatic rings. The Balaban J connectivity index is 1.84. The Hall–Kier alpha value is -1.18. The summed E-state index contributed by atoms with van der Waals surface area (Å²) in [6.07, 6.45) is 1.88. The van der Waals surface area contributed by atoms with Crippen molar-refractivity contribution in [1.82, 2.24) is 9.88 Å².